The summed E-state index contributed by atoms with van der Waals surface area (Å²) in [5.74, 6) is 0.937. The number of benzene rings is 1. The minimum atomic E-state index is 0.0683. The van der Waals surface area contributed by atoms with Crippen LogP contribution < -0.4 is 4.74 Å². The lowest BCUT2D eigenvalue weighted by molar-refractivity contribution is -0.129. The molecule has 96 valence electrons. The number of nitrogens with zero attached hydrogens (tertiary/aromatic N) is 2. The average molecular weight is 246 g/mol. The summed E-state index contributed by atoms with van der Waals surface area (Å²) in [6, 6.07) is 7.81. The van der Waals surface area contributed by atoms with Crippen LogP contribution in [-0.4, -0.2) is 23.2 Å². The van der Waals surface area contributed by atoms with Crippen LogP contribution in [0.15, 0.2) is 29.4 Å². The molecule has 1 aliphatic rings. The average Bonchev–Trinajstić information content (AvgIpc) is 2.67. The summed E-state index contributed by atoms with van der Waals surface area (Å²) in [4.78, 5) is 11.6. The van der Waals surface area contributed by atoms with Gasteiger partial charge in [0.2, 0.25) is 5.91 Å². The highest BCUT2D eigenvalue weighted by molar-refractivity contribution is 6.03. The van der Waals surface area contributed by atoms with E-state index in [9.17, 15) is 4.79 Å². The second kappa shape index (κ2) is 5.67. The predicted molar refractivity (Wildman–Crippen MR) is 70.5 cm³/mol. The number of rotatable bonds is 5. The first-order valence-electron chi connectivity index (χ1n) is 6.25. The quantitative estimate of drug-likeness (QED) is 0.801. The zero-order chi connectivity index (χ0) is 13.0. The summed E-state index contributed by atoms with van der Waals surface area (Å²) >= 11 is 0. The van der Waals surface area contributed by atoms with Gasteiger partial charge < -0.3 is 4.74 Å². The number of hydrazone groups is 1. The molecule has 0 saturated carbocycles. The third-order valence-electron chi connectivity index (χ3n) is 2.71. The van der Waals surface area contributed by atoms with Gasteiger partial charge in [0.25, 0.3) is 0 Å². The first-order chi connectivity index (χ1) is 8.69. The smallest absolute Gasteiger partial charge is 0.248 e. The molecule has 0 aliphatic carbocycles. The van der Waals surface area contributed by atoms with Crippen molar-refractivity contribution >= 4 is 11.6 Å². The van der Waals surface area contributed by atoms with Crippen molar-refractivity contribution < 1.29 is 9.53 Å². The van der Waals surface area contributed by atoms with E-state index >= 15 is 0 Å². The lowest BCUT2D eigenvalue weighted by atomic mass is 10.2. The molecule has 0 spiro atoms. The Morgan fingerprint density at radius 3 is 2.61 bits per heavy atom. The molecule has 18 heavy (non-hydrogen) atoms. The Balaban J connectivity index is 1.96. The van der Waals surface area contributed by atoms with Crippen LogP contribution in [0.5, 0.6) is 5.75 Å². The summed E-state index contributed by atoms with van der Waals surface area (Å²) in [6.45, 7) is 5.21. The van der Waals surface area contributed by atoms with Crippen LogP contribution in [0.2, 0.25) is 0 Å². The molecular formula is C14H18N2O2. The molecule has 0 atom stereocenters. The molecule has 0 aromatic heterocycles. The number of ether oxygens (including phenoxy) is 1. The van der Waals surface area contributed by atoms with Gasteiger partial charge in [-0.25, -0.2) is 5.01 Å². The van der Waals surface area contributed by atoms with Crippen LogP contribution in [0.3, 0.4) is 0 Å². The van der Waals surface area contributed by atoms with E-state index in [-0.39, 0.29) is 5.91 Å². The molecule has 0 fully saturated rings. The molecule has 4 heteroatoms. The maximum Gasteiger partial charge on any atom is 0.248 e. The van der Waals surface area contributed by atoms with Crippen molar-refractivity contribution in [1.82, 2.24) is 5.01 Å². The fourth-order valence-corrected chi connectivity index (χ4v) is 1.81. The summed E-state index contributed by atoms with van der Waals surface area (Å²) in [5.41, 5.74) is 1.94. The molecule has 0 unspecified atom stereocenters. The Morgan fingerprint density at radius 2 is 2.06 bits per heavy atom. The normalized spacial score (nSPS) is 14.9. The molecule has 1 heterocycles. The van der Waals surface area contributed by atoms with Crippen LogP contribution >= 0.6 is 0 Å². The molecule has 0 saturated heterocycles. The van der Waals surface area contributed by atoms with Crippen molar-refractivity contribution in [3.8, 4) is 5.75 Å². The Bertz CT molecular complexity index is 451. The van der Waals surface area contributed by atoms with Gasteiger partial charge >= 0.3 is 0 Å². The topological polar surface area (TPSA) is 41.9 Å². The van der Waals surface area contributed by atoms with Crippen LogP contribution in [0, 0.1) is 0 Å². The minimum Gasteiger partial charge on any atom is -0.494 e. The number of hydrogen-bond acceptors (Lipinski definition) is 3. The van der Waals surface area contributed by atoms with E-state index in [1.165, 1.54) is 5.01 Å². The van der Waals surface area contributed by atoms with Crippen LogP contribution in [0.4, 0.5) is 0 Å². The Morgan fingerprint density at radius 1 is 1.33 bits per heavy atom. The van der Waals surface area contributed by atoms with E-state index in [2.05, 4.69) is 12.0 Å². The standard InChI is InChI=1S/C14H18N2O2/c1-3-8-18-13-6-4-12(5-7-13)10-16-14(17)9-11(2)15-16/h4-7H,3,8-10H2,1-2H3. The second-order valence-corrected chi connectivity index (χ2v) is 4.46. The van der Waals surface area contributed by atoms with Crippen LogP contribution in [0.25, 0.3) is 0 Å². The van der Waals surface area contributed by atoms with E-state index < -0.39 is 0 Å². The SMILES string of the molecule is CCCOc1ccc(CN2N=C(C)CC2=O)cc1. The van der Waals surface area contributed by atoms with Crippen molar-refractivity contribution in [2.24, 2.45) is 5.10 Å². The molecular weight excluding hydrogens is 228 g/mol. The second-order valence-electron chi connectivity index (χ2n) is 4.46. The van der Waals surface area contributed by atoms with Crippen molar-refractivity contribution in [1.29, 1.82) is 0 Å². The first-order valence-corrected chi connectivity index (χ1v) is 6.25. The van der Waals surface area contributed by atoms with E-state index in [0.717, 1.165) is 30.1 Å². The van der Waals surface area contributed by atoms with Gasteiger partial charge in [0, 0.05) is 5.71 Å². The van der Waals surface area contributed by atoms with Gasteiger partial charge in [0.1, 0.15) is 5.75 Å². The van der Waals surface area contributed by atoms with Gasteiger partial charge in [-0.1, -0.05) is 19.1 Å². The molecule has 1 aromatic carbocycles. The molecule has 1 amide bonds. The Labute approximate surface area is 107 Å². The number of carbonyl (C=O) groups is 1. The van der Waals surface area contributed by atoms with Crippen LogP contribution in [-0.2, 0) is 11.3 Å². The molecule has 1 aliphatic heterocycles. The third-order valence-corrected chi connectivity index (χ3v) is 2.71. The van der Waals surface area contributed by atoms with E-state index in [1.54, 1.807) is 0 Å². The van der Waals surface area contributed by atoms with Gasteiger partial charge in [-0.2, -0.15) is 5.10 Å². The summed E-state index contributed by atoms with van der Waals surface area (Å²) in [6.07, 6.45) is 1.44. The zero-order valence-electron chi connectivity index (χ0n) is 10.8. The maximum atomic E-state index is 11.6. The van der Waals surface area contributed by atoms with Gasteiger partial charge in [-0.05, 0) is 31.0 Å². The monoisotopic (exact) mass is 246 g/mol. The largest absolute Gasteiger partial charge is 0.494 e. The van der Waals surface area contributed by atoms with Gasteiger partial charge in [-0.15, -0.1) is 0 Å². The number of amides is 1. The van der Waals surface area contributed by atoms with Crippen molar-refractivity contribution in [3.63, 3.8) is 0 Å². The van der Waals surface area contributed by atoms with Gasteiger partial charge in [0.05, 0.1) is 19.6 Å². The van der Waals surface area contributed by atoms with E-state index in [0.29, 0.717) is 13.0 Å². The molecule has 1 aromatic rings. The lowest BCUT2D eigenvalue weighted by Crippen LogP contribution is -2.19. The van der Waals surface area contributed by atoms with Gasteiger partial charge in [-0.3, -0.25) is 4.79 Å². The van der Waals surface area contributed by atoms with Crippen molar-refractivity contribution in [3.05, 3.63) is 29.8 Å². The number of hydrogen-bond donors (Lipinski definition) is 0. The maximum absolute atomic E-state index is 11.6. The highest BCUT2D eigenvalue weighted by atomic mass is 16.5. The van der Waals surface area contributed by atoms with Crippen molar-refractivity contribution in [2.45, 2.75) is 33.2 Å². The minimum absolute atomic E-state index is 0.0683. The fraction of sp³-hybridized carbons (Fsp3) is 0.429. The molecule has 4 nitrogen and oxygen atoms in total. The van der Waals surface area contributed by atoms with Crippen LogP contribution in [0.1, 0.15) is 32.3 Å². The predicted octanol–water partition coefficient (Wildman–Crippen LogP) is 2.58. The Hall–Kier alpha value is -1.84. The zero-order valence-corrected chi connectivity index (χ0v) is 10.8. The third kappa shape index (κ3) is 3.09. The fourth-order valence-electron chi connectivity index (χ4n) is 1.81. The first kappa shape index (κ1) is 12.6. The molecule has 0 bridgehead atoms. The summed E-state index contributed by atoms with van der Waals surface area (Å²) < 4.78 is 5.51. The lowest BCUT2D eigenvalue weighted by Gasteiger charge is -2.12. The summed E-state index contributed by atoms with van der Waals surface area (Å²) in [7, 11) is 0. The summed E-state index contributed by atoms with van der Waals surface area (Å²) in [5, 5.41) is 5.73. The highest BCUT2D eigenvalue weighted by Gasteiger charge is 2.20. The molecule has 0 N–H and O–H groups in total. The van der Waals surface area contributed by atoms with E-state index in [1.807, 2.05) is 31.2 Å². The van der Waals surface area contributed by atoms with Crippen molar-refractivity contribution in [2.75, 3.05) is 6.61 Å². The molecule has 2 rings (SSSR count). The van der Waals surface area contributed by atoms with E-state index in [4.69, 9.17) is 4.74 Å². The Kier molecular flexibility index (Phi) is 3.97. The van der Waals surface area contributed by atoms with Gasteiger partial charge in [0.15, 0.2) is 0 Å². The number of carbonyl (C=O) groups excluding carboxylic acids is 1. The highest BCUT2D eigenvalue weighted by Crippen LogP contribution is 2.16. The molecule has 0 radical (unpaired) electrons.